The Morgan fingerprint density at radius 2 is 2.36 bits per heavy atom. The van der Waals surface area contributed by atoms with E-state index in [1.165, 1.54) is 16.2 Å². The molecule has 0 saturated carbocycles. The van der Waals surface area contributed by atoms with Crippen molar-refractivity contribution in [2.75, 3.05) is 13.2 Å². The van der Waals surface area contributed by atoms with Crippen molar-refractivity contribution >= 4 is 23.5 Å². The van der Waals surface area contributed by atoms with E-state index in [0.29, 0.717) is 37.3 Å². The van der Waals surface area contributed by atoms with Gasteiger partial charge in [0.1, 0.15) is 5.60 Å². The van der Waals surface area contributed by atoms with Gasteiger partial charge in [-0.15, -0.1) is 11.3 Å². The van der Waals surface area contributed by atoms with Crippen molar-refractivity contribution < 1.29 is 23.4 Å². The highest BCUT2D eigenvalue weighted by molar-refractivity contribution is 7.13. The molecular formula is C15H17F2NO3S. The molecule has 1 spiro atoms. The quantitative estimate of drug-likeness (QED) is 0.850. The molecule has 0 bridgehead atoms. The molecule has 4 nitrogen and oxygen atoms in total. The van der Waals surface area contributed by atoms with E-state index in [2.05, 4.69) is 0 Å². The third-order valence-corrected chi connectivity index (χ3v) is 5.71. The normalized spacial score (nSPS) is 27.6. The number of ether oxygens (including phenoxy) is 1. The summed E-state index contributed by atoms with van der Waals surface area (Å²) in [6, 6.07) is 1.65. The fraction of sp³-hybridized carbons (Fsp3) is 0.533. The first-order valence-electron chi connectivity index (χ1n) is 7.21. The molecule has 0 radical (unpaired) electrons. The Morgan fingerprint density at radius 1 is 1.59 bits per heavy atom. The lowest BCUT2D eigenvalue weighted by Crippen LogP contribution is -2.51. The van der Waals surface area contributed by atoms with Gasteiger partial charge in [-0.1, -0.05) is 0 Å². The molecule has 2 aliphatic heterocycles. The second-order valence-electron chi connectivity index (χ2n) is 5.81. The summed E-state index contributed by atoms with van der Waals surface area (Å²) >= 11 is 1.33. The summed E-state index contributed by atoms with van der Waals surface area (Å²) in [6.07, 6.45) is 0.0982. The van der Waals surface area contributed by atoms with Crippen LogP contribution in [0.3, 0.4) is 0 Å². The van der Waals surface area contributed by atoms with Crippen LogP contribution in [0, 0.1) is 0 Å². The van der Waals surface area contributed by atoms with E-state index in [9.17, 15) is 18.7 Å². The first-order chi connectivity index (χ1) is 10.4. The predicted molar refractivity (Wildman–Crippen MR) is 79.3 cm³/mol. The van der Waals surface area contributed by atoms with Gasteiger partial charge in [0.05, 0.1) is 6.61 Å². The van der Waals surface area contributed by atoms with Crippen LogP contribution in [0.5, 0.6) is 0 Å². The highest BCUT2D eigenvalue weighted by Crippen LogP contribution is 2.47. The van der Waals surface area contributed by atoms with Crippen LogP contribution < -0.4 is 0 Å². The Hall–Kier alpha value is -1.47. The molecule has 22 heavy (non-hydrogen) atoms. The minimum Gasteiger partial charge on any atom is -0.465 e. The molecule has 0 aromatic carbocycles. The number of rotatable bonds is 1. The zero-order valence-corrected chi connectivity index (χ0v) is 13.0. The summed E-state index contributed by atoms with van der Waals surface area (Å²) in [7, 11) is 0. The maximum absolute atomic E-state index is 12.5. The van der Waals surface area contributed by atoms with Crippen molar-refractivity contribution in [1.29, 1.82) is 0 Å². The number of fused-ring (bicyclic) bond motifs is 2. The van der Waals surface area contributed by atoms with Crippen LogP contribution in [0.1, 0.15) is 35.1 Å². The zero-order chi connectivity index (χ0) is 15.9. The van der Waals surface area contributed by atoms with Gasteiger partial charge in [0, 0.05) is 34.8 Å². The van der Waals surface area contributed by atoms with Crippen LogP contribution in [-0.4, -0.2) is 35.3 Å². The molecule has 120 valence electrons. The van der Waals surface area contributed by atoms with Crippen LogP contribution in [0.4, 0.5) is 13.6 Å². The van der Waals surface area contributed by atoms with E-state index < -0.39 is 17.8 Å². The monoisotopic (exact) mass is 329 g/mol. The SMILES string of the molecule is C[C@H]1C[C@@]2(CCN1C(=O)O)OCCc1cc(C=C(F)F)sc12. The molecule has 2 aliphatic rings. The Kier molecular flexibility index (Phi) is 3.94. The number of hydrogen-bond donors (Lipinski definition) is 1. The number of likely N-dealkylation sites (tertiary alicyclic amines) is 1. The van der Waals surface area contributed by atoms with Gasteiger partial charge in [-0.2, -0.15) is 8.78 Å². The maximum atomic E-state index is 12.5. The van der Waals surface area contributed by atoms with Gasteiger partial charge >= 0.3 is 6.09 Å². The van der Waals surface area contributed by atoms with Crippen LogP contribution >= 0.6 is 11.3 Å². The molecule has 1 N–H and O–H groups in total. The van der Waals surface area contributed by atoms with Crippen LogP contribution in [0.15, 0.2) is 12.1 Å². The number of carboxylic acid groups (broad SMARTS) is 1. The fourth-order valence-electron chi connectivity index (χ4n) is 3.45. The number of nitrogens with zero attached hydrogens (tertiary/aromatic N) is 1. The average Bonchev–Trinajstić information content (AvgIpc) is 2.81. The molecule has 0 unspecified atom stereocenters. The smallest absolute Gasteiger partial charge is 0.407 e. The topological polar surface area (TPSA) is 49.8 Å². The summed E-state index contributed by atoms with van der Waals surface area (Å²) in [5.74, 6) is 0. The van der Waals surface area contributed by atoms with Crippen molar-refractivity contribution in [3.8, 4) is 0 Å². The standard InChI is InChI=1S/C15H17F2NO3S/c1-9-8-15(3-4-18(9)14(19)20)13-10(2-5-21-15)6-11(22-13)7-12(16)17/h6-7,9H,2-5,8H2,1H3,(H,19,20)/t9-,15+/m0/s1. The number of thiophene rings is 1. The predicted octanol–water partition coefficient (Wildman–Crippen LogP) is 3.92. The number of hydrogen-bond acceptors (Lipinski definition) is 3. The molecule has 0 aliphatic carbocycles. The van der Waals surface area contributed by atoms with Crippen LogP contribution in [0.25, 0.3) is 6.08 Å². The minimum absolute atomic E-state index is 0.156. The summed E-state index contributed by atoms with van der Waals surface area (Å²) in [5.41, 5.74) is 0.530. The lowest BCUT2D eigenvalue weighted by Gasteiger charge is -2.46. The third-order valence-electron chi connectivity index (χ3n) is 4.40. The molecule has 1 amide bonds. The summed E-state index contributed by atoms with van der Waals surface area (Å²) < 4.78 is 31.0. The van der Waals surface area contributed by atoms with E-state index in [0.717, 1.165) is 16.5 Å². The summed E-state index contributed by atoms with van der Waals surface area (Å²) in [6.45, 7) is 2.81. The van der Waals surface area contributed by atoms with Gasteiger partial charge in [0.2, 0.25) is 0 Å². The molecular weight excluding hydrogens is 312 g/mol. The lowest BCUT2D eigenvalue weighted by molar-refractivity contribution is -0.104. The maximum Gasteiger partial charge on any atom is 0.407 e. The highest BCUT2D eigenvalue weighted by Gasteiger charge is 2.45. The number of halogens is 2. The summed E-state index contributed by atoms with van der Waals surface area (Å²) in [5, 5.41) is 9.19. The number of amides is 1. The summed E-state index contributed by atoms with van der Waals surface area (Å²) in [4.78, 5) is 14.1. The zero-order valence-electron chi connectivity index (χ0n) is 12.1. The molecule has 1 aromatic rings. The third kappa shape index (κ3) is 2.63. The average molecular weight is 329 g/mol. The van der Waals surface area contributed by atoms with E-state index in [1.54, 1.807) is 6.07 Å². The number of carbonyl (C=O) groups is 1. The van der Waals surface area contributed by atoms with E-state index in [-0.39, 0.29) is 6.04 Å². The van der Waals surface area contributed by atoms with E-state index >= 15 is 0 Å². The molecule has 3 rings (SSSR count). The van der Waals surface area contributed by atoms with Gasteiger partial charge in [0.15, 0.2) is 0 Å². The van der Waals surface area contributed by atoms with E-state index in [1.807, 2.05) is 6.92 Å². The second-order valence-corrected chi connectivity index (χ2v) is 6.89. The second kappa shape index (κ2) is 5.62. The molecule has 2 atom stereocenters. The molecule has 7 heteroatoms. The van der Waals surface area contributed by atoms with Crippen LogP contribution in [0.2, 0.25) is 0 Å². The lowest BCUT2D eigenvalue weighted by atomic mass is 9.82. The molecule has 3 heterocycles. The Labute approximate surface area is 131 Å². The van der Waals surface area contributed by atoms with Crippen molar-refractivity contribution in [2.45, 2.75) is 37.8 Å². The molecule has 1 aromatic heterocycles. The van der Waals surface area contributed by atoms with Gasteiger partial charge in [0.25, 0.3) is 6.08 Å². The van der Waals surface area contributed by atoms with E-state index in [4.69, 9.17) is 4.74 Å². The molecule has 1 fully saturated rings. The van der Waals surface area contributed by atoms with Crippen molar-refractivity contribution in [3.63, 3.8) is 0 Å². The number of piperidine rings is 1. The van der Waals surface area contributed by atoms with Crippen LogP contribution in [-0.2, 0) is 16.8 Å². The Bertz CT molecular complexity index is 626. The van der Waals surface area contributed by atoms with Gasteiger partial charge in [-0.3, -0.25) is 0 Å². The van der Waals surface area contributed by atoms with Crippen molar-refractivity contribution in [2.24, 2.45) is 0 Å². The molecule has 1 saturated heterocycles. The Balaban J connectivity index is 1.93. The van der Waals surface area contributed by atoms with Gasteiger partial charge < -0.3 is 14.7 Å². The first kappa shape index (κ1) is 15.4. The van der Waals surface area contributed by atoms with Gasteiger partial charge in [-0.05, 0) is 31.4 Å². The highest BCUT2D eigenvalue weighted by atomic mass is 32.1. The fourth-order valence-corrected chi connectivity index (χ4v) is 4.76. The Morgan fingerprint density at radius 3 is 3.00 bits per heavy atom. The largest absolute Gasteiger partial charge is 0.465 e. The first-order valence-corrected chi connectivity index (χ1v) is 8.02. The van der Waals surface area contributed by atoms with Crippen molar-refractivity contribution in [1.82, 2.24) is 4.90 Å². The minimum atomic E-state index is -1.71. The van der Waals surface area contributed by atoms with Crippen molar-refractivity contribution in [3.05, 3.63) is 27.5 Å². The van der Waals surface area contributed by atoms with Gasteiger partial charge in [-0.25, -0.2) is 4.79 Å².